The summed E-state index contributed by atoms with van der Waals surface area (Å²) in [7, 11) is 0. The molecule has 1 saturated carbocycles. The number of carbonyl (C=O) groups is 1. The van der Waals surface area contributed by atoms with Gasteiger partial charge in [-0.1, -0.05) is 6.92 Å². The Labute approximate surface area is 96.6 Å². The van der Waals surface area contributed by atoms with Crippen molar-refractivity contribution in [3.63, 3.8) is 0 Å². The van der Waals surface area contributed by atoms with Gasteiger partial charge in [0.2, 0.25) is 5.91 Å². The molecule has 2 aliphatic rings. The lowest BCUT2D eigenvalue weighted by atomic mass is 10.0. The number of hydrogen-bond acceptors (Lipinski definition) is 3. The molecule has 1 amide bonds. The van der Waals surface area contributed by atoms with Crippen LogP contribution in [0.5, 0.6) is 0 Å². The fraction of sp³-hybridized carbons (Fsp3) is 0.833. The topological polar surface area (TPSA) is 56.1 Å². The Morgan fingerprint density at radius 1 is 1.62 bits per heavy atom. The summed E-state index contributed by atoms with van der Waals surface area (Å²) in [5.74, 6) is 0.220. The molecule has 4 heteroatoms. The molecule has 0 aromatic carbocycles. The minimum atomic E-state index is -0.00774. The number of amides is 1. The first kappa shape index (κ1) is 11.4. The van der Waals surface area contributed by atoms with Crippen molar-refractivity contribution in [2.45, 2.75) is 38.6 Å². The van der Waals surface area contributed by atoms with Crippen molar-refractivity contribution >= 4 is 5.91 Å². The lowest BCUT2D eigenvalue weighted by Crippen LogP contribution is -2.55. The molecule has 0 radical (unpaired) electrons. The maximum Gasteiger partial charge on any atom is 0.239 e. The third-order valence-corrected chi connectivity index (χ3v) is 3.73. The molecule has 1 unspecified atom stereocenters. The van der Waals surface area contributed by atoms with Gasteiger partial charge in [0, 0.05) is 31.5 Å². The highest BCUT2D eigenvalue weighted by Gasteiger charge is 2.45. The summed E-state index contributed by atoms with van der Waals surface area (Å²) >= 11 is 0. The van der Waals surface area contributed by atoms with E-state index >= 15 is 0 Å². The van der Waals surface area contributed by atoms with E-state index in [0.717, 1.165) is 38.9 Å². The maximum atomic E-state index is 12.0. The first-order chi connectivity index (χ1) is 7.71. The Morgan fingerprint density at radius 2 is 2.38 bits per heavy atom. The van der Waals surface area contributed by atoms with Crippen molar-refractivity contribution < 1.29 is 4.79 Å². The third-order valence-electron chi connectivity index (χ3n) is 3.73. The van der Waals surface area contributed by atoms with Crippen LogP contribution in [-0.4, -0.2) is 36.5 Å². The second-order valence-electron chi connectivity index (χ2n) is 5.01. The maximum absolute atomic E-state index is 12.0. The van der Waals surface area contributed by atoms with Crippen molar-refractivity contribution in [2.75, 3.05) is 19.6 Å². The molecule has 2 fully saturated rings. The molecular weight excluding hydrogens is 202 g/mol. The summed E-state index contributed by atoms with van der Waals surface area (Å²) in [6.07, 6.45) is 3.66. The fourth-order valence-electron chi connectivity index (χ4n) is 2.41. The smallest absolute Gasteiger partial charge is 0.239 e. The minimum absolute atomic E-state index is 0.00774. The van der Waals surface area contributed by atoms with Crippen molar-refractivity contribution in [1.82, 2.24) is 10.2 Å². The molecule has 88 valence electrons. The summed E-state index contributed by atoms with van der Waals surface area (Å²) in [5.41, 5.74) is 0.139. The molecule has 1 saturated heterocycles. The minimum Gasteiger partial charge on any atom is -0.339 e. The molecule has 0 spiro atoms. The van der Waals surface area contributed by atoms with Gasteiger partial charge in [-0.3, -0.25) is 4.79 Å². The molecule has 16 heavy (non-hydrogen) atoms. The van der Waals surface area contributed by atoms with Crippen LogP contribution in [0.4, 0.5) is 0 Å². The Hall–Kier alpha value is -1.08. The van der Waals surface area contributed by atoms with Gasteiger partial charge in [0.1, 0.15) is 0 Å². The number of nitrogens with zero attached hydrogens (tertiary/aromatic N) is 2. The third kappa shape index (κ3) is 2.19. The monoisotopic (exact) mass is 221 g/mol. The predicted octanol–water partition coefficient (Wildman–Crippen LogP) is 0.891. The highest BCUT2D eigenvalue weighted by atomic mass is 16.2. The average molecular weight is 221 g/mol. The van der Waals surface area contributed by atoms with E-state index in [-0.39, 0.29) is 17.4 Å². The van der Waals surface area contributed by atoms with Crippen LogP contribution in [0.3, 0.4) is 0 Å². The lowest BCUT2D eigenvalue weighted by molar-refractivity contribution is -0.136. The van der Waals surface area contributed by atoms with Crippen LogP contribution in [-0.2, 0) is 4.79 Å². The first-order valence-electron chi connectivity index (χ1n) is 6.10. The van der Waals surface area contributed by atoms with E-state index in [1.54, 1.807) is 0 Å². The summed E-state index contributed by atoms with van der Waals surface area (Å²) in [6, 6.07) is 2.24. The van der Waals surface area contributed by atoms with Crippen molar-refractivity contribution in [1.29, 1.82) is 5.26 Å². The van der Waals surface area contributed by atoms with E-state index in [2.05, 4.69) is 11.4 Å². The van der Waals surface area contributed by atoms with Crippen molar-refractivity contribution in [3.8, 4) is 6.07 Å². The predicted molar refractivity (Wildman–Crippen MR) is 60.6 cm³/mol. The summed E-state index contributed by atoms with van der Waals surface area (Å²) in [4.78, 5) is 14.0. The van der Waals surface area contributed by atoms with E-state index in [1.165, 1.54) is 0 Å². The lowest BCUT2D eigenvalue weighted by Gasteiger charge is -2.34. The van der Waals surface area contributed by atoms with Crippen LogP contribution < -0.4 is 5.32 Å². The average Bonchev–Trinajstić information content (AvgIpc) is 3.02. The quantitative estimate of drug-likeness (QED) is 0.767. The van der Waals surface area contributed by atoms with Gasteiger partial charge >= 0.3 is 0 Å². The van der Waals surface area contributed by atoms with Crippen LogP contribution in [0.1, 0.15) is 32.6 Å². The summed E-state index contributed by atoms with van der Waals surface area (Å²) in [5, 5.41) is 12.0. The van der Waals surface area contributed by atoms with Gasteiger partial charge in [-0.2, -0.15) is 5.26 Å². The van der Waals surface area contributed by atoms with Gasteiger partial charge in [-0.25, -0.2) is 0 Å². The molecule has 2 rings (SSSR count). The van der Waals surface area contributed by atoms with Crippen molar-refractivity contribution in [2.24, 2.45) is 5.41 Å². The molecule has 1 aliphatic carbocycles. The largest absolute Gasteiger partial charge is 0.339 e. The molecule has 0 aromatic rings. The van der Waals surface area contributed by atoms with Gasteiger partial charge in [0.05, 0.1) is 12.1 Å². The number of carbonyl (C=O) groups excluding carboxylic acids is 1. The van der Waals surface area contributed by atoms with E-state index in [4.69, 9.17) is 5.26 Å². The van der Waals surface area contributed by atoms with Crippen LogP contribution in [0.15, 0.2) is 0 Å². The van der Waals surface area contributed by atoms with Gasteiger partial charge in [-0.15, -0.1) is 0 Å². The van der Waals surface area contributed by atoms with Gasteiger partial charge in [0.25, 0.3) is 0 Å². The highest BCUT2D eigenvalue weighted by Crippen LogP contribution is 2.49. The summed E-state index contributed by atoms with van der Waals surface area (Å²) in [6.45, 7) is 4.49. The van der Waals surface area contributed by atoms with E-state index < -0.39 is 0 Å². The Kier molecular flexibility index (Phi) is 3.15. The van der Waals surface area contributed by atoms with E-state index in [0.29, 0.717) is 6.42 Å². The normalized spacial score (nSPS) is 27.6. The Balaban J connectivity index is 1.94. The van der Waals surface area contributed by atoms with E-state index in [1.807, 2.05) is 11.8 Å². The molecule has 1 aliphatic heterocycles. The van der Waals surface area contributed by atoms with Crippen LogP contribution in [0.2, 0.25) is 0 Å². The number of nitriles is 1. The second-order valence-corrected chi connectivity index (χ2v) is 5.01. The SMILES string of the molecule is CCC1NCCN(CC2(CC#N)CC2)C1=O. The number of nitrogens with one attached hydrogen (secondary N) is 1. The highest BCUT2D eigenvalue weighted by molar-refractivity contribution is 5.82. The Morgan fingerprint density at radius 3 is 2.94 bits per heavy atom. The van der Waals surface area contributed by atoms with Gasteiger partial charge in [-0.05, 0) is 19.3 Å². The zero-order valence-electron chi connectivity index (χ0n) is 9.83. The zero-order chi connectivity index (χ0) is 11.6. The standard InChI is InChI=1S/C12H19N3O/c1-2-10-11(16)15(8-7-14-10)9-12(3-4-12)5-6-13/h10,14H,2-5,7-9H2,1H3. The van der Waals surface area contributed by atoms with E-state index in [9.17, 15) is 4.79 Å². The molecule has 0 aromatic heterocycles. The fourth-order valence-corrected chi connectivity index (χ4v) is 2.41. The first-order valence-corrected chi connectivity index (χ1v) is 6.10. The molecule has 4 nitrogen and oxygen atoms in total. The molecule has 0 bridgehead atoms. The van der Waals surface area contributed by atoms with Crippen molar-refractivity contribution in [3.05, 3.63) is 0 Å². The molecule has 1 N–H and O–H groups in total. The molecule has 1 heterocycles. The van der Waals surface area contributed by atoms with Gasteiger partial charge in [0.15, 0.2) is 0 Å². The van der Waals surface area contributed by atoms with Crippen LogP contribution in [0, 0.1) is 16.7 Å². The zero-order valence-corrected chi connectivity index (χ0v) is 9.83. The summed E-state index contributed by atoms with van der Waals surface area (Å²) < 4.78 is 0. The van der Waals surface area contributed by atoms with Crippen LogP contribution in [0.25, 0.3) is 0 Å². The Bertz CT molecular complexity index is 317. The number of hydrogen-bond donors (Lipinski definition) is 1. The molecule has 1 atom stereocenters. The second kappa shape index (κ2) is 4.42. The molecular formula is C12H19N3O. The van der Waals surface area contributed by atoms with Gasteiger partial charge < -0.3 is 10.2 Å². The van der Waals surface area contributed by atoms with Crippen LogP contribution >= 0.6 is 0 Å². The number of piperazine rings is 1. The number of rotatable bonds is 4.